The molecule has 0 spiro atoms. The van der Waals surface area contributed by atoms with Crippen LogP contribution in [0.3, 0.4) is 0 Å². The molecule has 150 valence electrons. The summed E-state index contributed by atoms with van der Waals surface area (Å²) in [4.78, 5) is 0. The number of aromatic nitrogens is 1. The maximum atomic E-state index is 13.9. The monoisotopic (exact) mass is 390 g/mol. The highest BCUT2D eigenvalue weighted by Crippen LogP contribution is 2.46. The van der Waals surface area contributed by atoms with Crippen LogP contribution < -0.4 is 4.57 Å². The number of aryl methyl sites for hydroxylation is 1. The standard InChI is InChI=1S/C20H25F5NO/c21-16-17(22)19(24)20(25,18(16)23)27-15-11-6-4-2-1-3-5-8-12-26-13-9-7-10-14-26/h7,9-10,13-14H,1-6,8,11-12,15H2/q+1. The van der Waals surface area contributed by atoms with E-state index in [9.17, 15) is 22.0 Å². The van der Waals surface area contributed by atoms with Crippen molar-refractivity contribution in [3.8, 4) is 0 Å². The Morgan fingerprint density at radius 1 is 0.704 bits per heavy atom. The number of rotatable bonds is 12. The predicted molar refractivity (Wildman–Crippen MR) is 91.8 cm³/mol. The fraction of sp³-hybridized carbons (Fsp3) is 0.550. The van der Waals surface area contributed by atoms with Gasteiger partial charge in [-0.1, -0.05) is 38.2 Å². The van der Waals surface area contributed by atoms with Gasteiger partial charge in [0.2, 0.25) is 11.7 Å². The van der Waals surface area contributed by atoms with E-state index in [4.69, 9.17) is 0 Å². The maximum Gasteiger partial charge on any atom is 0.320 e. The molecule has 7 heteroatoms. The first-order chi connectivity index (χ1) is 13.0. The zero-order valence-electron chi connectivity index (χ0n) is 15.2. The van der Waals surface area contributed by atoms with E-state index >= 15 is 0 Å². The van der Waals surface area contributed by atoms with Crippen LogP contribution in [0.25, 0.3) is 0 Å². The lowest BCUT2D eigenvalue weighted by molar-refractivity contribution is -0.697. The third-order valence-corrected chi connectivity index (χ3v) is 4.53. The van der Waals surface area contributed by atoms with Crippen LogP contribution in [0.2, 0.25) is 0 Å². The maximum absolute atomic E-state index is 13.9. The smallest absolute Gasteiger partial charge is 0.320 e. The summed E-state index contributed by atoms with van der Waals surface area (Å²) in [5.41, 5.74) is 0. The Bertz CT molecular complexity index is 636. The Morgan fingerprint density at radius 2 is 1.19 bits per heavy atom. The zero-order valence-corrected chi connectivity index (χ0v) is 15.2. The number of ether oxygens (including phenoxy) is 1. The normalized spacial score (nSPS) is 16.5. The summed E-state index contributed by atoms with van der Waals surface area (Å²) in [6.07, 6.45) is 11.5. The summed E-state index contributed by atoms with van der Waals surface area (Å²) >= 11 is 0. The molecule has 1 aromatic heterocycles. The quantitative estimate of drug-likeness (QED) is 0.239. The van der Waals surface area contributed by atoms with E-state index in [-0.39, 0.29) is 6.61 Å². The second-order valence-corrected chi connectivity index (χ2v) is 6.64. The Balaban J connectivity index is 1.47. The summed E-state index contributed by atoms with van der Waals surface area (Å²) in [7, 11) is 0. The van der Waals surface area contributed by atoms with Gasteiger partial charge < -0.3 is 4.74 Å². The molecule has 1 aliphatic rings. The van der Waals surface area contributed by atoms with Crippen molar-refractivity contribution in [2.75, 3.05) is 6.61 Å². The van der Waals surface area contributed by atoms with Crippen LogP contribution in [0.1, 0.15) is 51.4 Å². The van der Waals surface area contributed by atoms with Crippen LogP contribution in [0, 0.1) is 0 Å². The zero-order chi connectivity index (χ0) is 19.7. The number of hydrogen-bond donors (Lipinski definition) is 0. The molecule has 0 saturated carbocycles. The molecule has 1 aliphatic carbocycles. The molecular weight excluding hydrogens is 365 g/mol. The third kappa shape index (κ3) is 5.86. The fourth-order valence-corrected chi connectivity index (χ4v) is 2.95. The predicted octanol–water partition coefficient (Wildman–Crippen LogP) is 6.09. The average Bonchev–Trinajstić information content (AvgIpc) is 2.83. The Kier molecular flexibility index (Phi) is 8.41. The lowest BCUT2D eigenvalue weighted by atomic mass is 10.1. The molecule has 0 unspecified atom stereocenters. The highest BCUT2D eigenvalue weighted by atomic mass is 19.2. The minimum Gasteiger partial charge on any atom is -0.335 e. The van der Waals surface area contributed by atoms with Gasteiger partial charge in [0, 0.05) is 18.6 Å². The minimum absolute atomic E-state index is 0.313. The first kappa shape index (κ1) is 21.5. The van der Waals surface area contributed by atoms with E-state index in [0.717, 1.165) is 45.1 Å². The van der Waals surface area contributed by atoms with Crippen molar-refractivity contribution >= 4 is 0 Å². The topological polar surface area (TPSA) is 13.1 Å². The van der Waals surface area contributed by atoms with Gasteiger partial charge in [0.05, 0.1) is 6.61 Å². The molecule has 0 amide bonds. The van der Waals surface area contributed by atoms with E-state index in [1.807, 2.05) is 30.6 Å². The molecule has 1 heterocycles. The molecule has 1 aromatic rings. The molecule has 2 rings (SSSR count). The van der Waals surface area contributed by atoms with Crippen molar-refractivity contribution < 1.29 is 31.3 Å². The van der Waals surface area contributed by atoms with Crippen LogP contribution in [0.5, 0.6) is 0 Å². The summed E-state index contributed by atoms with van der Waals surface area (Å²) in [5.74, 6) is -12.5. The Morgan fingerprint density at radius 3 is 1.74 bits per heavy atom. The first-order valence-corrected chi connectivity index (χ1v) is 9.35. The van der Waals surface area contributed by atoms with E-state index in [0.29, 0.717) is 12.8 Å². The van der Waals surface area contributed by atoms with Crippen molar-refractivity contribution in [2.45, 2.75) is 63.8 Å². The second kappa shape index (κ2) is 10.5. The van der Waals surface area contributed by atoms with Crippen molar-refractivity contribution in [3.63, 3.8) is 0 Å². The molecule has 0 radical (unpaired) electrons. The first-order valence-electron chi connectivity index (χ1n) is 9.35. The van der Waals surface area contributed by atoms with Crippen LogP contribution in [-0.4, -0.2) is 12.5 Å². The highest BCUT2D eigenvalue weighted by Gasteiger charge is 2.53. The average molecular weight is 390 g/mol. The number of unbranched alkanes of at least 4 members (excludes halogenated alkanes) is 7. The molecule has 0 saturated heterocycles. The van der Waals surface area contributed by atoms with Crippen molar-refractivity contribution in [3.05, 3.63) is 53.9 Å². The number of alkyl halides is 1. The number of allylic oxidation sites excluding steroid dienone is 2. The number of pyridine rings is 1. The molecule has 2 nitrogen and oxygen atoms in total. The van der Waals surface area contributed by atoms with Crippen molar-refractivity contribution in [2.24, 2.45) is 0 Å². The lowest BCUT2D eigenvalue weighted by Crippen LogP contribution is -2.32. The van der Waals surface area contributed by atoms with Gasteiger partial charge in [-0.3, -0.25) is 0 Å². The summed E-state index contributed by atoms with van der Waals surface area (Å²) in [5, 5.41) is 0. The molecule has 0 aliphatic heterocycles. The number of nitrogens with zero attached hydrogens (tertiary/aromatic N) is 1. The summed E-state index contributed by atoms with van der Waals surface area (Å²) < 4.78 is 72.7. The van der Waals surface area contributed by atoms with Gasteiger partial charge >= 0.3 is 5.85 Å². The summed E-state index contributed by atoms with van der Waals surface area (Å²) in [6.45, 7) is 0.687. The van der Waals surface area contributed by atoms with E-state index in [2.05, 4.69) is 9.30 Å². The van der Waals surface area contributed by atoms with Gasteiger partial charge in [0.1, 0.15) is 6.54 Å². The molecule has 0 aromatic carbocycles. The van der Waals surface area contributed by atoms with Crippen molar-refractivity contribution in [1.82, 2.24) is 0 Å². The third-order valence-electron chi connectivity index (χ3n) is 4.53. The fourth-order valence-electron chi connectivity index (χ4n) is 2.95. The molecule has 27 heavy (non-hydrogen) atoms. The van der Waals surface area contributed by atoms with E-state index < -0.39 is 29.2 Å². The largest absolute Gasteiger partial charge is 0.335 e. The number of hydrogen-bond acceptors (Lipinski definition) is 1. The molecule has 0 fully saturated rings. The van der Waals surface area contributed by atoms with Crippen LogP contribution in [0.15, 0.2) is 53.9 Å². The number of halogens is 5. The molecular formula is C20H25F5NO+. The Hall–Kier alpha value is -1.76. The van der Waals surface area contributed by atoms with Crippen LogP contribution >= 0.6 is 0 Å². The van der Waals surface area contributed by atoms with Crippen LogP contribution in [0.4, 0.5) is 22.0 Å². The molecule has 0 N–H and O–H groups in total. The van der Waals surface area contributed by atoms with Gasteiger partial charge in [-0.15, -0.1) is 0 Å². The highest BCUT2D eigenvalue weighted by molar-refractivity contribution is 5.42. The van der Waals surface area contributed by atoms with Gasteiger partial charge in [-0.05, 0) is 12.8 Å². The minimum atomic E-state index is -3.75. The lowest BCUT2D eigenvalue weighted by Gasteiger charge is -2.18. The van der Waals surface area contributed by atoms with E-state index in [1.54, 1.807) is 0 Å². The molecule has 0 bridgehead atoms. The van der Waals surface area contributed by atoms with Gasteiger partial charge in [-0.2, -0.15) is 4.39 Å². The Labute approximate surface area is 156 Å². The van der Waals surface area contributed by atoms with Crippen LogP contribution in [-0.2, 0) is 11.3 Å². The van der Waals surface area contributed by atoms with Gasteiger partial charge in [0.15, 0.2) is 24.0 Å². The van der Waals surface area contributed by atoms with Crippen molar-refractivity contribution in [1.29, 1.82) is 0 Å². The van der Waals surface area contributed by atoms with Gasteiger partial charge in [-0.25, -0.2) is 22.1 Å². The molecule has 0 atom stereocenters. The SMILES string of the molecule is FC1=C(F)C(F)(OCCCCCCCCCC[n+]2ccccc2)C(F)=C1F. The summed E-state index contributed by atoms with van der Waals surface area (Å²) in [6, 6.07) is 5.99. The van der Waals surface area contributed by atoms with E-state index in [1.165, 1.54) is 0 Å². The van der Waals surface area contributed by atoms with Gasteiger partial charge in [0.25, 0.3) is 0 Å². The second-order valence-electron chi connectivity index (χ2n) is 6.64.